The molecule has 0 spiro atoms. The van der Waals surface area contributed by atoms with Crippen molar-refractivity contribution in [2.75, 3.05) is 5.32 Å². The van der Waals surface area contributed by atoms with Crippen LogP contribution in [0.1, 0.15) is 23.7 Å². The molecule has 1 atom stereocenters. The van der Waals surface area contributed by atoms with Crippen LogP contribution in [0, 0.1) is 0 Å². The monoisotopic (exact) mass is 222 g/mol. The van der Waals surface area contributed by atoms with Crippen LogP contribution in [0.15, 0.2) is 24.3 Å². The van der Waals surface area contributed by atoms with Gasteiger partial charge < -0.3 is 16.2 Å². The van der Waals surface area contributed by atoms with Gasteiger partial charge in [0.1, 0.15) is 0 Å². The highest BCUT2D eigenvalue weighted by molar-refractivity contribution is 5.96. The van der Waals surface area contributed by atoms with Crippen LogP contribution < -0.4 is 11.1 Å². The predicted octanol–water partition coefficient (Wildman–Crippen LogP) is 1.06. The first kappa shape index (κ1) is 12.2. The number of anilines is 1. The van der Waals surface area contributed by atoms with E-state index in [9.17, 15) is 9.59 Å². The molecule has 0 saturated heterocycles. The van der Waals surface area contributed by atoms with Crippen molar-refractivity contribution in [1.82, 2.24) is 0 Å². The van der Waals surface area contributed by atoms with Crippen molar-refractivity contribution in [3.05, 3.63) is 29.8 Å². The molecule has 0 radical (unpaired) electrons. The van der Waals surface area contributed by atoms with Gasteiger partial charge in [0.25, 0.3) is 0 Å². The van der Waals surface area contributed by atoms with E-state index >= 15 is 0 Å². The first-order valence-corrected chi connectivity index (χ1v) is 4.94. The third kappa shape index (κ3) is 3.06. The Morgan fingerprint density at radius 1 is 1.50 bits per heavy atom. The zero-order valence-electron chi connectivity index (χ0n) is 8.93. The van der Waals surface area contributed by atoms with Crippen LogP contribution in [0.4, 0.5) is 5.69 Å². The number of hydrogen-bond donors (Lipinski definition) is 3. The lowest BCUT2D eigenvalue weighted by Gasteiger charge is -2.10. The molecule has 5 heteroatoms. The van der Waals surface area contributed by atoms with Crippen LogP contribution in [-0.2, 0) is 4.79 Å². The van der Waals surface area contributed by atoms with Crippen molar-refractivity contribution in [3.63, 3.8) is 0 Å². The van der Waals surface area contributed by atoms with Gasteiger partial charge in [-0.15, -0.1) is 0 Å². The Morgan fingerprint density at radius 3 is 2.75 bits per heavy atom. The lowest BCUT2D eigenvalue weighted by Crippen LogP contribution is -2.34. The van der Waals surface area contributed by atoms with Crippen molar-refractivity contribution in [2.45, 2.75) is 19.4 Å². The third-order valence-corrected chi connectivity index (χ3v) is 2.15. The number of nitrogens with one attached hydrogen (secondary N) is 1. The molecule has 0 fully saturated rings. The summed E-state index contributed by atoms with van der Waals surface area (Å²) in [4.78, 5) is 22.1. The van der Waals surface area contributed by atoms with E-state index in [1.807, 2.05) is 0 Å². The average Bonchev–Trinajstić information content (AvgIpc) is 2.28. The molecule has 1 aromatic rings. The summed E-state index contributed by atoms with van der Waals surface area (Å²) >= 11 is 0. The number of carboxylic acid groups (broad SMARTS) is 1. The van der Waals surface area contributed by atoms with Gasteiger partial charge in [-0.3, -0.25) is 4.79 Å². The summed E-state index contributed by atoms with van der Waals surface area (Å²) in [6.07, 6.45) is 0.532. The Labute approximate surface area is 93.3 Å². The molecule has 0 unspecified atom stereocenters. The largest absolute Gasteiger partial charge is 0.478 e. The van der Waals surface area contributed by atoms with Crippen LogP contribution in [0.5, 0.6) is 0 Å². The molecule has 0 saturated carbocycles. The van der Waals surface area contributed by atoms with Crippen LogP contribution in [-0.4, -0.2) is 23.0 Å². The van der Waals surface area contributed by atoms with Gasteiger partial charge in [-0.1, -0.05) is 13.0 Å². The van der Waals surface area contributed by atoms with Crippen molar-refractivity contribution in [2.24, 2.45) is 5.73 Å². The highest BCUT2D eigenvalue weighted by Gasteiger charge is 2.11. The molecule has 1 amide bonds. The number of rotatable bonds is 4. The Kier molecular flexibility index (Phi) is 4.02. The molecule has 1 aromatic carbocycles. The smallest absolute Gasteiger partial charge is 0.335 e. The number of carboxylic acids is 1. The SMILES string of the molecule is CC[C@@H](N)C(=O)Nc1cccc(C(=O)O)c1. The maximum Gasteiger partial charge on any atom is 0.335 e. The molecule has 16 heavy (non-hydrogen) atoms. The van der Waals surface area contributed by atoms with E-state index in [4.69, 9.17) is 10.8 Å². The quantitative estimate of drug-likeness (QED) is 0.710. The van der Waals surface area contributed by atoms with Crippen LogP contribution in [0.3, 0.4) is 0 Å². The maximum absolute atomic E-state index is 11.4. The van der Waals surface area contributed by atoms with E-state index in [0.717, 1.165) is 0 Å². The van der Waals surface area contributed by atoms with Crippen molar-refractivity contribution < 1.29 is 14.7 Å². The Hall–Kier alpha value is -1.88. The van der Waals surface area contributed by atoms with E-state index in [1.165, 1.54) is 12.1 Å². The summed E-state index contributed by atoms with van der Waals surface area (Å²) < 4.78 is 0. The minimum Gasteiger partial charge on any atom is -0.478 e. The second-order valence-corrected chi connectivity index (χ2v) is 3.39. The summed E-state index contributed by atoms with van der Waals surface area (Å²) in [5.41, 5.74) is 6.10. The van der Waals surface area contributed by atoms with Gasteiger partial charge in [0.05, 0.1) is 11.6 Å². The van der Waals surface area contributed by atoms with Gasteiger partial charge in [-0.05, 0) is 24.6 Å². The summed E-state index contributed by atoms with van der Waals surface area (Å²) in [6.45, 7) is 1.80. The second-order valence-electron chi connectivity index (χ2n) is 3.39. The van der Waals surface area contributed by atoms with Gasteiger partial charge >= 0.3 is 5.97 Å². The lowest BCUT2D eigenvalue weighted by molar-refractivity contribution is -0.117. The highest BCUT2D eigenvalue weighted by Crippen LogP contribution is 2.11. The molecule has 0 aliphatic heterocycles. The number of amides is 1. The number of aromatic carboxylic acids is 1. The Balaban J connectivity index is 2.78. The van der Waals surface area contributed by atoms with E-state index in [0.29, 0.717) is 12.1 Å². The Bertz CT molecular complexity index is 404. The van der Waals surface area contributed by atoms with Crippen molar-refractivity contribution >= 4 is 17.6 Å². The molecule has 0 aliphatic rings. The molecular weight excluding hydrogens is 208 g/mol. The van der Waals surface area contributed by atoms with Gasteiger partial charge in [0, 0.05) is 5.69 Å². The number of carbonyl (C=O) groups is 2. The second kappa shape index (κ2) is 5.27. The molecule has 4 N–H and O–H groups in total. The fraction of sp³-hybridized carbons (Fsp3) is 0.273. The van der Waals surface area contributed by atoms with Crippen molar-refractivity contribution in [1.29, 1.82) is 0 Å². The summed E-state index contributed by atoms with van der Waals surface area (Å²) in [7, 11) is 0. The fourth-order valence-corrected chi connectivity index (χ4v) is 1.15. The highest BCUT2D eigenvalue weighted by atomic mass is 16.4. The molecule has 0 aliphatic carbocycles. The number of hydrogen-bond acceptors (Lipinski definition) is 3. The molecular formula is C11H14N2O3. The summed E-state index contributed by atoms with van der Waals surface area (Å²) in [5.74, 6) is -1.35. The van der Waals surface area contributed by atoms with Gasteiger partial charge in [-0.25, -0.2) is 4.79 Å². The standard InChI is InChI=1S/C11H14N2O3/c1-2-9(12)10(14)13-8-5-3-4-7(6-8)11(15)16/h3-6,9H,2,12H2,1H3,(H,13,14)(H,15,16)/t9-/m1/s1. The average molecular weight is 222 g/mol. The molecule has 86 valence electrons. The molecule has 0 heterocycles. The van der Waals surface area contributed by atoms with Crippen LogP contribution >= 0.6 is 0 Å². The number of carbonyl (C=O) groups excluding carboxylic acids is 1. The van der Waals surface area contributed by atoms with E-state index < -0.39 is 12.0 Å². The van der Waals surface area contributed by atoms with Crippen molar-refractivity contribution in [3.8, 4) is 0 Å². The van der Waals surface area contributed by atoms with Crippen LogP contribution in [0.2, 0.25) is 0 Å². The Morgan fingerprint density at radius 2 is 2.19 bits per heavy atom. The minimum absolute atomic E-state index is 0.128. The number of benzene rings is 1. The normalized spacial score (nSPS) is 11.9. The zero-order chi connectivity index (χ0) is 12.1. The molecule has 0 bridgehead atoms. The van der Waals surface area contributed by atoms with Gasteiger partial charge in [-0.2, -0.15) is 0 Å². The molecule has 0 aromatic heterocycles. The van der Waals surface area contributed by atoms with Gasteiger partial charge in [0.2, 0.25) is 5.91 Å². The zero-order valence-corrected chi connectivity index (χ0v) is 8.93. The van der Waals surface area contributed by atoms with E-state index in [2.05, 4.69) is 5.32 Å². The van der Waals surface area contributed by atoms with E-state index in [1.54, 1.807) is 19.1 Å². The topological polar surface area (TPSA) is 92.4 Å². The molecule has 1 rings (SSSR count). The fourth-order valence-electron chi connectivity index (χ4n) is 1.15. The first-order chi connectivity index (χ1) is 7.54. The number of nitrogens with two attached hydrogens (primary N) is 1. The summed E-state index contributed by atoms with van der Waals surface area (Å²) in [6, 6.07) is 5.46. The predicted molar refractivity (Wildman–Crippen MR) is 60.3 cm³/mol. The molecule has 5 nitrogen and oxygen atoms in total. The minimum atomic E-state index is -1.03. The lowest BCUT2D eigenvalue weighted by atomic mass is 10.2. The maximum atomic E-state index is 11.4. The van der Waals surface area contributed by atoms with Crippen LogP contribution in [0.25, 0.3) is 0 Å². The first-order valence-electron chi connectivity index (χ1n) is 4.94. The third-order valence-electron chi connectivity index (χ3n) is 2.15. The van der Waals surface area contributed by atoms with Gasteiger partial charge in [0.15, 0.2) is 0 Å². The van der Waals surface area contributed by atoms with E-state index in [-0.39, 0.29) is 11.5 Å². The summed E-state index contributed by atoms with van der Waals surface area (Å²) in [5, 5.41) is 11.3.